The van der Waals surface area contributed by atoms with Crippen molar-refractivity contribution in [2.75, 3.05) is 7.11 Å². The molecule has 146 valence electrons. The Morgan fingerprint density at radius 2 is 1.62 bits per heavy atom. The molecule has 29 heavy (non-hydrogen) atoms. The number of methoxy groups -OCH3 is 1. The first kappa shape index (κ1) is 18.8. The number of ether oxygens (including phenoxy) is 2. The lowest BCUT2D eigenvalue weighted by Gasteiger charge is -2.10. The molecular weight excluding hydrogens is 364 g/mol. The minimum Gasteiger partial charge on any atom is -0.497 e. The largest absolute Gasteiger partial charge is 0.497 e. The second-order valence-corrected chi connectivity index (χ2v) is 7.09. The van der Waals surface area contributed by atoms with Gasteiger partial charge in [-0.15, -0.1) is 0 Å². The molecule has 4 nitrogen and oxygen atoms in total. The summed E-state index contributed by atoms with van der Waals surface area (Å²) in [5.41, 5.74) is 4.96. The zero-order valence-electron chi connectivity index (χ0n) is 16.7. The van der Waals surface area contributed by atoms with Gasteiger partial charge in [0.15, 0.2) is 0 Å². The monoisotopic (exact) mass is 386 g/mol. The maximum atomic E-state index is 12.5. The predicted molar refractivity (Wildman–Crippen MR) is 115 cm³/mol. The van der Waals surface area contributed by atoms with Crippen LogP contribution in [0.4, 0.5) is 0 Å². The first-order valence-corrected chi connectivity index (χ1v) is 9.45. The standard InChI is InChI=1S/C25H22O4/c1-16-4-5-17(2)20(12-16)15-28-22-11-8-19-13-23(25(26)29-24(19)14-22)18-6-9-21(27-3)10-7-18/h4-14H,15H2,1-3H3. The van der Waals surface area contributed by atoms with Crippen LogP contribution >= 0.6 is 0 Å². The topological polar surface area (TPSA) is 48.7 Å². The Morgan fingerprint density at radius 1 is 0.862 bits per heavy atom. The van der Waals surface area contributed by atoms with Crippen LogP contribution in [-0.2, 0) is 6.61 Å². The second kappa shape index (κ2) is 7.84. The molecule has 0 saturated heterocycles. The number of hydrogen-bond donors (Lipinski definition) is 0. The highest BCUT2D eigenvalue weighted by Crippen LogP contribution is 2.26. The molecule has 0 bridgehead atoms. The van der Waals surface area contributed by atoms with E-state index in [1.807, 2.05) is 42.5 Å². The van der Waals surface area contributed by atoms with Crippen LogP contribution in [-0.4, -0.2) is 7.11 Å². The third-order valence-corrected chi connectivity index (χ3v) is 5.01. The Balaban J connectivity index is 1.61. The van der Waals surface area contributed by atoms with Gasteiger partial charge in [-0.2, -0.15) is 0 Å². The number of hydrogen-bond acceptors (Lipinski definition) is 4. The summed E-state index contributed by atoms with van der Waals surface area (Å²) >= 11 is 0. The molecule has 0 aliphatic carbocycles. The van der Waals surface area contributed by atoms with E-state index in [0.717, 1.165) is 22.3 Å². The molecule has 0 amide bonds. The zero-order valence-corrected chi connectivity index (χ0v) is 16.7. The van der Waals surface area contributed by atoms with E-state index < -0.39 is 0 Å². The average Bonchev–Trinajstić information content (AvgIpc) is 2.74. The molecule has 0 aliphatic rings. The highest BCUT2D eigenvalue weighted by atomic mass is 16.5. The van der Waals surface area contributed by atoms with E-state index in [0.29, 0.717) is 23.5 Å². The van der Waals surface area contributed by atoms with Crippen LogP contribution in [0.25, 0.3) is 22.1 Å². The van der Waals surface area contributed by atoms with E-state index in [9.17, 15) is 4.79 Å². The molecule has 1 aromatic heterocycles. The van der Waals surface area contributed by atoms with Crippen LogP contribution < -0.4 is 15.1 Å². The van der Waals surface area contributed by atoms with Crippen LogP contribution in [0.2, 0.25) is 0 Å². The lowest BCUT2D eigenvalue weighted by molar-refractivity contribution is 0.305. The van der Waals surface area contributed by atoms with Crippen molar-refractivity contribution in [2.24, 2.45) is 0 Å². The number of fused-ring (bicyclic) bond motifs is 1. The number of aryl methyl sites for hydroxylation is 2. The average molecular weight is 386 g/mol. The van der Waals surface area contributed by atoms with Crippen molar-refractivity contribution in [1.82, 2.24) is 0 Å². The molecule has 0 radical (unpaired) electrons. The van der Waals surface area contributed by atoms with Gasteiger partial charge in [-0.3, -0.25) is 0 Å². The van der Waals surface area contributed by atoms with Gasteiger partial charge in [-0.25, -0.2) is 4.79 Å². The molecule has 4 aromatic rings. The van der Waals surface area contributed by atoms with Crippen LogP contribution in [0.5, 0.6) is 11.5 Å². The summed E-state index contributed by atoms with van der Waals surface area (Å²) < 4.78 is 16.7. The number of benzene rings is 3. The van der Waals surface area contributed by atoms with Gasteiger partial charge in [0.25, 0.3) is 0 Å². The fraction of sp³-hybridized carbons (Fsp3) is 0.160. The van der Waals surface area contributed by atoms with Crippen molar-refractivity contribution < 1.29 is 13.9 Å². The Hall–Kier alpha value is -3.53. The highest BCUT2D eigenvalue weighted by Gasteiger charge is 2.09. The van der Waals surface area contributed by atoms with Crippen molar-refractivity contribution in [3.63, 3.8) is 0 Å². The SMILES string of the molecule is COc1ccc(-c2cc3ccc(OCc4cc(C)ccc4C)cc3oc2=O)cc1. The maximum absolute atomic E-state index is 12.5. The molecule has 0 atom stereocenters. The van der Waals surface area contributed by atoms with Crippen LogP contribution in [0, 0.1) is 13.8 Å². The van der Waals surface area contributed by atoms with Crippen molar-refractivity contribution in [3.8, 4) is 22.6 Å². The molecule has 0 unspecified atom stereocenters. The number of rotatable bonds is 5. The van der Waals surface area contributed by atoms with E-state index in [1.54, 1.807) is 13.2 Å². The molecule has 0 N–H and O–H groups in total. The van der Waals surface area contributed by atoms with Crippen LogP contribution in [0.3, 0.4) is 0 Å². The fourth-order valence-electron chi connectivity index (χ4n) is 3.27. The molecule has 0 spiro atoms. The first-order valence-electron chi connectivity index (χ1n) is 9.45. The summed E-state index contributed by atoms with van der Waals surface area (Å²) in [4.78, 5) is 12.5. The first-order chi connectivity index (χ1) is 14.0. The van der Waals surface area contributed by atoms with Gasteiger partial charge in [0, 0.05) is 11.5 Å². The van der Waals surface area contributed by atoms with Gasteiger partial charge in [0.1, 0.15) is 23.7 Å². The molecule has 4 rings (SSSR count). The van der Waals surface area contributed by atoms with Gasteiger partial charge >= 0.3 is 5.63 Å². The third kappa shape index (κ3) is 4.02. The molecule has 0 saturated carbocycles. The van der Waals surface area contributed by atoms with Gasteiger partial charge in [0.2, 0.25) is 0 Å². The molecule has 3 aromatic carbocycles. The summed E-state index contributed by atoms with van der Waals surface area (Å²) in [6.45, 7) is 4.60. The van der Waals surface area contributed by atoms with Crippen molar-refractivity contribution in [3.05, 3.63) is 93.8 Å². The maximum Gasteiger partial charge on any atom is 0.344 e. The highest BCUT2D eigenvalue weighted by molar-refractivity contribution is 5.82. The van der Waals surface area contributed by atoms with E-state index in [-0.39, 0.29) is 5.63 Å². The predicted octanol–water partition coefficient (Wildman–Crippen LogP) is 5.66. The molecular formula is C25H22O4. The quantitative estimate of drug-likeness (QED) is 0.415. The third-order valence-electron chi connectivity index (χ3n) is 5.01. The normalized spacial score (nSPS) is 10.9. The summed E-state index contributed by atoms with van der Waals surface area (Å²) in [6, 6.07) is 21.0. The van der Waals surface area contributed by atoms with Gasteiger partial charge in [0.05, 0.1) is 12.7 Å². The van der Waals surface area contributed by atoms with Gasteiger partial charge in [-0.1, -0.05) is 35.9 Å². The van der Waals surface area contributed by atoms with Gasteiger partial charge < -0.3 is 13.9 Å². The Morgan fingerprint density at radius 3 is 2.38 bits per heavy atom. The van der Waals surface area contributed by atoms with E-state index in [4.69, 9.17) is 13.9 Å². The van der Waals surface area contributed by atoms with Crippen LogP contribution in [0.1, 0.15) is 16.7 Å². The van der Waals surface area contributed by atoms with Crippen molar-refractivity contribution in [2.45, 2.75) is 20.5 Å². The van der Waals surface area contributed by atoms with Crippen molar-refractivity contribution in [1.29, 1.82) is 0 Å². The van der Waals surface area contributed by atoms with Gasteiger partial charge in [-0.05, 0) is 60.9 Å². The smallest absolute Gasteiger partial charge is 0.344 e. The summed E-state index contributed by atoms with van der Waals surface area (Å²) in [5.74, 6) is 1.41. The van der Waals surface area contributed by atoms with Crippen LogP contribution in [0.15, 0.2) is 75.9 Å². The minimum atomic E-state index is -0.380. The van der Waals surface area contributed by atoms with Crippen molar-refractivity contribution >= 4 is 11.0 Å². The lowest BCUT2D eigenvalue weighted by atomic mass is 10.1. The van der Waals surface area contributed by atoms with E-state index >= 15 is 0 Å². The molecule has 4 heteroatoms. The fourth-order valence-corrected chi connectivity index (χ4v) is 3.27. The molecule has 1 heterocycles. The Kier molecular flexibility index (Phi) is 5.09. The summed E-state index contributed by atoms with van der Waals surface area (Å²) in [6.07, 6.45) is 0. The second-order valence-electron chi connectivity index (χ2n) is 7.09. The zero-order chi connectivity index (χ0) is 20.4. The molecule has 0 aliphatic heterocycles. The van der Waals surface area contributed by atoms with E-state index in [1.165, 1.54) is 11.1 Å². The Labute approximate surface area is 169 Å². The Bertz CT molecular complexity index is 1220. The van der Waals surface area contributed by atoms with E-state index in [2.05, 4.69) is 32.0 Å². The summed E-state index contributed by atoms with van der Waals surface area (Å²) in [7, 11) is 1.61. The molecule has 0 fully saturated rings. The minimum absolute atomic E-state index is 0.380. The summed E-state index contributed by atoms with van der Waals surface area (Å²) in [5, 5.41) is 0.842. The lowest BCUT2D eigenvalue weighted by Crippen LogP contribution is -2.03.